The number of aryl methyl sites for hydroxylation is 1. The molecule has 0 saturated heterocycles. The SMILES string of the molecule is Cc1ccc2c(c1)N(C)C(C)CN2. The van der Waals surface area contributed by atoms with E-state index in [2.05, 4.69) is 49.3 Å². The van der Waals surface area contributed by atoms with Gasteiger partial charge in [-0.2, -0.15) is 0 Å². The topological polar surface area (TPSA) is 15.3 Å². The molecular weight excluding hydrogens is 160 g/mol. The van der Waals surface area contributed by atoms with E-state index in [1.807, 2.05) is 0 Å². The molecule has 1 unspecified atom stereocenters. The maximum absolute atomic E-state index is 3.43. The molecule has 1 aromatic rings. The quantitative estimate of drug-likeness (QED) is 0.652. The molecule has 2 heteroatoms. The van der Waals surface area contributed by atoms with Crippen LogP contribution < -0.4 is 10.2 Å². The Morgan fingerprint density at radius 1 is 1.46 bits per heavy atom. The zero-order chi connectivity index (χ0) is 9.42. The Kier molecular flexibility index (Phi) is 1.91. The maximum atomic E-state index is 3.43. The summed E-state index contributed by atoms with van der Waals surface area (Å²) in [5.41, 5.74) is 3.89. The predicted molar refractivity (Wildman–Crippen MR) is 57.5 cm³/mol. The van der Waals surface area contributed by atoms with E-state index in [-0.39, 0.29) is 0 Å². The summed E-state index contributed by atoms with van der Waals surface area (Å²) >= 11 is 0. The first-order chi connectivity index (χ1) is 6.18. The van der Waals surface area contributed by atoms with Gasteiger partial charge in [-0.1, -0.05) is 6.07 Å². The minimum atomic E-state index is 0.578. The monoisotopic (exact) mass is 176 g/mol. The van der Waals surface area contributed by atoms with Crippen molar-refractivity contribution < 1.29 is 0 Å². The molecule has 2 rings (SSSR count). The van der Waals surface area contributed by atoms with Gasteiger partial charge in [0.25, 0.3) is 0 Å². The van der Waals surface area contributed by atoms with Crippen LogP contribution in [0.3, 0.4) is 0 Å². The first-order valence-electron chi connectivity index (χ1n) is 4.76. The minimum absolute atomic E-state index is 0.578. The van der Waals surface area contributed by atoms with Gasteiger partial charge in [0, 0.05) is 19.6 Å². The Hall–Kier alpha value is -1.18. The Morgan fingerprint density at radius 3 is 3.00 bits per heavy atom. The van der Waals surface area contributed by atoms with Crippen molar-refractivity contribution in [3.8, 4) is 0 Å². The van der Waals surface area contributed by atoms with Gasteiger partial charge in [-0.15, -0.1) is 0 Å². The van der Waals surface area contributed by atoms with Gasteiger partial charge in [0.2, 0.25) is 0 Å². The van der Waals surface area contributed by atoms with Crippen LogP contribution in [0.5, 0.6) is 0 Å². The lowest BCUT2D eigenvalue weighted by Crippen LogP contribution is -2.39. The molecule has 0 saturated carbocycles. The van der Waals surface area contributed by atoms with Crippen LogP contribution in [0.4, 0.5) is 11.4 Å². The molecule has 1 aliphatic rings. The Morgan fingerprint density at radius 2 is 2.23 bits per heavy atom. The third-order valence-electron chi connectivity index (χ3n) is 2.78. The second-order valence-corrected chi connectivity index (χ2v) is 3.86. The highest BCUT2D eigenvalue weighted by Crippen LogP contribution is 2.30. The fraction of sp³-hybridized carbons (Fsp3) is 0.455. The van der Waals surface area contributed by atoms with Crippen LogP contribution in [-0.2, 0) is 0 Å². The standard InChI is InChI=1S/C11H16N2/c1-8-4-5-10-11(6-8)13(3)9(2)7-12-10/h4-6,9,12H,7H2,1-3H3. The fourth-order valence-electron chi connectivity index (χ4n) is 1.71. The molecule has 1 atom stereocenters. The van der Waals surface area contributed by atoms with Crippen molar-refractivity contribution in [1.29, 1.82) is 0 Å². The molecule has 0 aliphatic carbocycles. The van der Waals surface area contributed by atoms with Crippen molar-refractivity contribution in [2.45, 2.75) is 19.9 Å². The smallest absolute Gasteiger partial charge is 0.0605 e. The van der Waals surface area contributed by atoms with E-state index in [0.717, 1.165) is 6.54 Å². The van der Waals surface area contributed by atoms with Crippen molar-refractivity contribution in [2.75, 3.05) is 23.8 Å². The van der Waals surface area contributed by atoms with Gasteiger partial charge in [-0.25, -0.2) is 0 Å². The Bertz CT molecular complexity index is 320. The Balaban J connectivity index is 2.45. The first-order valence-corrected chi connectivity index (χ1v) is 4.76. The molecule has 0 bridgehead atoms. The maximum Gasteiger partial charge on any atom is 0.0605 e. The highest BCUT2D eigenvalue weighted by Gasteiger charge is 2.18. The molecule has 2 nitrogen and oxygen atoms in total. The summed E-state index contributed by atoms with van der Waals surface area (Å²) in [5, 5.41) is 3.43. The number of likely N-dealkylation sites (N-methyl/N-ethyl adjacent to an activating group) is 1. The molecule has 0 aromatic heterocycles. The summed E-state index contributed by atoms with van der Waals surface area (Å²) in [7, 11) is 2.16. The normalized spacial score (nSPS) is 20.8. The van der Waals surface area contributed by atoms with Crippen LogP contribution in [0.25, 0.3) is 0 Å². The van der Waals surface area contributed by atoms with Crippen molar-refractivity contribution in [1.82, 2.24) is 0 Å². The van der Waals surface area contributed by atoms with Gasteiger partial charge < -0.3 is 10.2 Å². The molecule has 1 heterocycles. The van der Waals surface area contributed by atoms with E-state index in [1.165, 1.54) is 16.9 Å². The molecule has 1 aliphatic heterocycles. The molecule has 0 radical (unpaired) electrons. The molecule has 1 N–H and O–H groups in total. The van der Waals surface area contributed by atoms with Crippen LogP contribution in [0.2, 0.25) is 0 Å². The lowest BCUT2D eigenvalue weighted by atomic mass is 10.1. The van der Waals surface area contributed by atoms with E-state index in [9.17, 15) is 0 Å². The lowest BCUT2D eigenvalue weighted by molar-refractivity contribution is 0.699. The fourth-order valence-corrected chi connectivity index (χ4v) is 1.71. The molecule has 1 aromatic carbocycles. The van der Waals surface area contributed by atoms with Crippen LogP contribution >= 0.6 is 0 Å². The number of benzene rings is 1. The summed E-state index contributed by atoms with van der Waals surface area (Å²) in [6, 6.07) is 7.12. The van der Waals surface area contributed by atoms with Gasteiger partial charge in [0.15, 0.2) is 0 Å². The van der Waals surface area contributed by atoms with Crippen molar-refractivity contribution in [2.24, 2.45) is 0 Å². The van der Waals surface area contributed by atoms with Crippen LogP contribution in [0.15, 0.2) is 18.2 Å². The summed E-state index contributed by atoms with van der Waals surface area (Å²) < 4.78 is 0. The van der Waals surface area contributed by atoms with E-state index in [0.29, 0.717) is 6.04 Å². The molecule has 0 fully saturated rings. The number of nitrogens with one attached hydrogen (secondary N) is 1. The van der Waals surface area contributed by atoms with E-state index in [1.54, 1.807) is 0 Å². The molecule has 0 spiro atoms. The van der Waals surface area contributed by atoms with Gasteiger partial charge in [-0.05, 0) is 31.5 Å². The van der Waals surface area contributed by atoms with Gasteiger partial charge in [-0.3, -0.25) is 0 Å². The molecule has 13 heavy (non-hydrogen) atoms. The Labute approximate surface area is 79.6 Å². The van der Waals surface area contributed by atoms with Gasteiger partial charge in [0.1, 0.15) is 0 Å². The first kappa shape index (κ1) is 8.42. The van der Waals surface area contributed by atoms with Crippen molar-refractivity contribution in [3.63, 3.8) is 0 Å². The van der Waals surface area contributed by atoms with Gasteiger partial charge >= 0.3 is 0 Å². The van der Waals surface area contributed by atoms with Crippen molar-refractivity contribution in [3.05, 3.63) is 23.8 Å². The zero-order valence-electron chi connectivity index (χ0n) is 8.46. The average molecular weight is 176 g/mol. The number of hydrogen-bond donors (Lipinski definition) is 1. The second-order valence-electron chi connectivity index (χ2n) is 3.86. The molecule has 0 amide bonds. The summed E-state index contributed by atoms with van der Waals surface area (Å²) in [6.07, 6.45) is 0. The molecular formula is C11H16N2. The highest BCUT2D eigenvalue weighted by atomic mass is 15.2. The third-order valence-corrected chi connectivity index (χ3v) is 2.78. The van der Waals surface area contributed by atoms with E-state index in [4.69, 9.17) is 0 Å². The minimum Gasteiger partial charge on any atom is -0.381 e. The number of anilines is 2. The van der Waals surface area contributed by atoms with E-state index >= 15 is 0 Å². The zero-order valence-corrected chi connectivity index (χ0v) is 8.46. The summed E-state index contributed by atoms with van der Waals surface area (Å²) in [4.78, 5) is 2.33. The largest absolute Gasteiger partial charge is 0.381 e. The predicted octanol–water partition coefficient (Wildman–Crippen LogP) is 2.25. The average Bonchev–Trinajstić information content (AvgIpc) is 2.12. The van der Waals surface area contributed by atoms with Crippen LogP contribution in [0, 0.1) is 6.92 Å². The number of fused-ring (bicyclic) bond motifs is 1. The highest BCUT2D eigenvalue weighted by molar-refractivity contribution is 5.73. The number of rotatable bonds is 0. The van der Waals surface area contributed by atoms with Crippen LogP contribution in [0.1, 0.15) is 12.5 Å². The van der Waals surface area contributed by atoms with Gasteiger partial charge in [0.05, 0.1) is 11.4 Å². The lowest BCUT2D eigenvalue weighted by Gasteiger charge is -2.34. The summed E-state index contributed by atoms with van der Waals surface area (Å²) in [6.45, 7) is 5.40. The van der Waals surface area contributed by atoms with Crippen LogP contribution in [-0.4, -0.2) is 19.6 Å². The molecule has 70 valence electrons. The second kappa shape index (κ2) is 2.95. The number of hydrogen-bond acceptors (Lipinski definition) is 2. The van der Waals surface area contributed by atoms with Crippen molar-refractivity contribution >= 4 is 11.4 Å². The number of nitrogens with zero attached hydrogens (tertiary/aromatic N) is 1. The summed E-state index contributed by atoms with van der Waals surface area (Å²) in [5.74, 6) is 0. The van der Waals surface area contributed by atoms with E-state index < -0.39 is 0 Å². The third kappa shape index (κ3) is 1.37.